The van der Waals surface area contributed by atoms with Crippen LogP contribution >= 0.6 is 0 Å². The summed E-state index contributed by atoms with van der Waals surface area (Å²) in [7, 11) is 2.21. The molecule has 5 saturated carbocycles. The topological polar surface area (TPSA) is 51.4 Å². The summed E-state index contributed by atoms with van der Waals surface area (Å²) in [4.78, 5) is 7.57. The average molecular weight is 329 g/mol. The number of hydrogen-bond acceptors (Lipinski definition) is 3. The first-order valence-electron chi connectivity index (χ1n) is 10.1. The fraction of sp³-hybridized carbons (Fsp3) is 0.900. The molecule has 1 N–H and O–H groups in total. The summed E-state index contributed by atoms with van der Waals surface area (Å²) in [5.41, 5.74) is 0. The number of aliphatic imine (C=N–C) groups is 1. The number of hydrogen-bond donors (Lipinski definition) is 1. The third-order valence-electron chi connectivity index (χ3n) is 7.28. The standard InChI is InChI=1S/C20H32N4/c1-24(18-5-3-2-4-6-18)12-19(22-13-21)23-20-16-8-14-7-15(10-16)11-17(20)9-14/h14-18,20H,2-12H2,1H3,(H,22,23). The summed E-state index contributed by atoms with van der Waals surface area (Å²) in [6, 6.07) is 1.15. The van der Waals surface area contributed by atoms with Crippen LogP contribution in [-0.4, -0.2) is 36.4 Å². The Hall–Kier alpha value is -1.08. The summed E-state index contributed by atoms with van der Waals surface area (Å²) in [5.74, 6) is 4.46. The van der Waals surface area contributed by atoms with Gasteiger partial charge in [0, 0.05) is 6.04 Å². The van der Waals surface area contributed by atoms with Gasteiger partial charge in [-0.15, -0.1) is 0 Å². The number of rotatable bonds is 4. The molecule has 5 rings (SSSR count). The Labute approximate surface area is 146 Å². The zero-order valence-corrected chi connectivity index (χ0v) is 15.1. The van der Waals surface area contributed by atoms with Gasteiger partial charge < -0.3 is 0 Å². The third kappa shape index (κ3) is 3.33. The van der Waals surface area contributed by atoms with Gasteiger partial charge in [-0.2, -0.15) is 5.26 Å². The zero-order chi connectivity index (χ0) is 16.5. The van der Waals surface area contributed by atoms with Crippen molar-refractivity contribution in [2.75, 3.05) is 13.6 Å². The highest BCUT2D eigenvalue weighted by Gasteiger charge is 2.48. The van der Waals surface area contributed by atoms with Crippen molar-refractivity contribution in [1.82, 2.24) is 10.2 Å². The molecular weight excluding hydrogens is 296 g/mol. The maximum atomic E-state index is 9.18. The number of nitrogens with one attached hydrogen (secondary N) is 1. The van der Waals surface area contributed by atoms with E-state index >= 15 is 0 Å². The van der Waals surface area contributed by atoms with Crippen LogP contribution in [0.25, 0.3) is 0 Å². The van der Waals surface area contributed by atoms with E-state index < -0.39 is 0 Å². The molecule has 0 saturated heterocycles. The van der Waals surface area contributed by atoms with Crippen molar-refractivity contribution in [3.05, 3.63) is 0 Å². The Kier molecular flexibility index (Phi) is 4.81. The minimum atomic E-state index is 0.480. The van der Waals surface area contributed by atoms with Crippen molar-refractivity contribution in [2.45, 2.75) is 76.3 Å². The van der Waals surface area contributed by atoms with Crippen molar-refractivity contribution in [1.29, 1.82) is 5.26 Å². The van der Waals surface area contributed by atoms with Crippen LogP contribution in [0.2, 0.25) is 0 Å². The molecule has 5 aliphatic rings. The van der Waals surface area contributed by atoms with E-state index in [1.807, 2.05) is 0 Å². The van der Waals surface area contributed by atoms with Gasteiger partial charge in [0.05, 0.1) is 12.6 Å². The molecule has 0 aromatic rings. The first kappa shape index (κ1) is 16.4. The van der Waals surface area contributed by atoms with Gasteiger partial charge in [0.25, 0.3) is 0 Å². The second-order valence-corrected chi connectivity index (χ2v) is 8.94. The van der Waals surface area contributed by atoms with Gasteiger partial charge in [-0.25, -0.2) is 0 Å². The van der Waals surface area contributed by atoms with Gasteiger partial charge in [-0.05, 0) is 75.7 Å². The summed E-state index contributed by atoms with van der Waals surface area (Å²) in [5, 5.41) is 12.1. The van der Waals surface area contributed by atoms with E-state index in [1.165, 1.54) is 64.2 Å². The van der Waals surface area contributed by atoms with Gasteiger partial charge in [0.1, 0.15) is 5.84 Å². The molecule has 5 fully saturated rings. The SMILES string of the molecule is CN(CC(=NC1C2CC3CC(C2)CC1C3)NC#N)C1CCCCC1. The van der Waals surface area contributed by atoms with Crippen LogP contribution in [-0.2, 0) is 0 Å². The van der Waals surface area contributed by atoms with Gasteiger partial charge in [0.2, 0.25) is 0 Å². The fourth-order valence-electron chi connectivity index (χ4n) is 6.35. The Balaban J connectivity index is 1.44. The fourth-order valence-corrected chi connectivity index (χ4v) is 6.35. The largest absolute Gasteiger partial charge is 0.296 e. The van der Waals surface area contributed by atoms with E-state index in [1.54, 1.807) is 0 Å². The summed E-state index contributed by atoms with van der Waals surface area (Å²) in [6.07, 6.45) is 15.9. The van der Waals surface area contributed by atoms with E-state index in [-0.39, 0.29) is 0 Å². The normalized spacial score (nSPS) is 39.2. The highest BCUT2D eigenvalue weighted by atomic mass is 15.2. The van der Waals surface area contributed by atoms with E-state index in [9.17, 15) is 5.26 Å². The quantitative estimate of drug-likeness (QED) is 0.372. The second kappa shape index (κ2) is 7.04. The van der Waals surface area contributed by atoms with Crippen molar-refractivity contribution < 1.29 is 0 Å². The van der Waals surface area contributed by atoms with Crippen LogP contribution in [0.3, 0.4) is 0 Å². The molecule has 5 aliphatic carbocycles. The van der Waals surface area contributed by atoms with E-state index in [2.05, 4.69) is 23.5 Å². The molecule has 4 nitrogen and oxygen atoms in total. The van der Waals surface area contributed by atoms with Crippen LogP contribution in [0, 0.1) is 35.1 Å². The van der Waals surface area contributed by atoms with Crippen LogP contribution in [0.4, 0.5) is 0 Å². The average Bonchev–Trinajstić information content (AvgIpc) is 2.58. The smallest absolute Gasteiger partial charge is 0.182 e. The molecule has 0 heterocycles. The highest BCUT2D eigenvalue weighted by molar-refractivity contribution is 5.85. The maximum Gasteiger partial charge on any atom is 0.182 e. The molecule has 0 unspecified atom stereocenters. The van der Waals surface area contributed by atoms with Gasteiger partial charge in [0.15, 0.2) is 6.19 Å². The Morgan fingerprint density at radius 3 is 2.25 bits per heavy atom. The predicted octanol–water partition coefficient (Wildman–Crippen LogP) is 3.54. The Bertz CT molecular complexity index is 486. The molecule has 132 valence electrons. The first-order valence-corrected chi connectivity index (χ1v) is 10.1. The molecular formula is C20H32N4. The lowest BCUT2D eigenvalue weighted by Crippen LogP contribution is -2.49. The van der Waals surface area contributed by atoms with Crippen LogP contribution < -0.4 is 5.32 Å². The lowest BCUT2D eigenvalue weighted by atomic mass is 9.54. The first-order chi connectivity index (χ1) is 11.7. The number of likely N-dealkylation sites (N-methyl/N-ethyl adjacent to an activating group) is 1. The van der Waals surface area contributed by atoms with Crippen molar-refractivity contribution in [3.8, 4) is 6.19 Å². The summed E-state index contributed by atoms with van der Waals surface area (Å²) in [6.45, 7) is 0.807. The molecule has 0 amide bonds. The molecule has 4 heteroatoms. The van der Waals surface area contributed by atoms with E-state index in [4.69, 9.17) is 4.99 Å². The molecule has 4 bridgehead atoms. The van der Waals surface area contributed by atoms with Crippen molar-refractivity contribution >= 4 is 5.84 Å². The van der Waals surface area contributed by atoms with Crippen LogP contribution in [0.15, 0.2) is 4.99 Å². The molecule has 0 spiro atoms. The van der Waals surface area contributed by atoms with Crippen molar-refractivity contribution in [3.63, 3.8) is 0 Å². The summed E-state index contributed by atoms with van der Waals surface area (Å²) < 4.78 is 0. The monoisotopic (exact) mass is 328 g/mol. The maximum absolute atomic E-state index is 9.18. The lowest BCUT2D eigenvalue weighted by Gasteiger charge is -2.53. The molecule has 0 atom stereocenters. The molecule has 0 aromatic heterocycles. The van der Waals surface area contributed by atoms with Gasteiger partial charge in [-0.3, -0.25) is 15.2 Å². The van der Waals surface area contributed by atoms with Crippen molar-refractivity contribution in [2.24, 2.45) is 28.7 Å². The summed E-state index contributed by atoms with van der Waals surface area (Å²) >= 11 is 0. The second-order valence-electron chi connectivity index (χ2n) is 8.94. The zero-order valence-electron chi connectivity index (χ0n) is 15.1. The molecule has 0 aromatic carbocycles. The van der Waals surface area contributed by atoms with Gasteiger partial charge in [-0.1, -0.05) is 19.3 Å². The minimum absolute atomic E-state index is 0.480. The molecule has 24 heavy (non-hydrogen) atoms. The van der Waals surface area contributed by atoms with E-state index in [0.717, 1.165) is 36.1 Å². The third-order valence-corrected chi connectivity index (χ3v) is 7.28. The van der Waals surface area contributed by atoms with Crippen LogP contribution in [0.5, 0.6) is 0 Å². The molecule has 0 aliphatic heterocycles. The van der Waals surface area contributed by atoms with Crippen LogP contribution in [0.1, 0.15) is 64.2 Å². The van der Waals surface area contributed by atoms with Gasteiger partial charge >= 0.3 is 0 Å². The number of nitriles is 1. The lowest BCUT2D eigenvalue weighted by molar-refractivity contribution is 0.00105. The highest BCUT2D eigenvalue weighted by Crippen LogP contribution is 2.54. The number of nitrogens with zero attached hydrogens (tertiary/aromatic N) is 3. The van der Waals surface area contributed by atoms with E-state index in [0.29, 0.717) is 12.1 Å². The Morgan fingerprint density at radius 2 is 1.67 bits per heavy atom. The predicted molar refractivity (Wildman–Crippen MR) is 96.5 cm³/mol. The molecule has 0 radical (unpaired) electrons. The Morgan fingerprint density at radius 1 is 1.04 bits per heavy atom. The number of amidine groups is 1. The minimum Gasteiger partial charge on any atom is -0.296 e.